The zero-order valence-corrected chi connectivity index (χ0v) is 18.9. The highest BCUT2D eigenvalue weighted by Gasteiger charge is 2.48. The van der Waals surface area contributed by atoms with Crippen molar-refractivity contribution in [1.29, 1.82) is 0 Å². The maximum absolute atomic E-state index is 12.9. The van der Waals surface area contributed by atoms with E-state index in [0.717, 1.165) is 43.9 Å². The average Bonchev–Trinajstić information content (AvgIpc) is 2.94. The van der Waals surface area contributed by atoms with Crippen molar-refractivity contribution < 1.29 is 4.74 Å². The predicted octanol–water partition coefficient (Wildman–Crippen LogP) is 3.21. The van der Waals surface area contributed by atoms with Crippen molar-refractivity contribution in [2.24, 2.45) is 11.1 Å². The van der Waals surface area contributed by atoms with E-state index in [1.807, 2.05) is 32.0 Å². The molecular formula is C20H24ClIN4O2. The molecule has 2 aliphatic rings. The molecule has 0 saturated carbocycles. The number of hydrogen-bond donors (Lipinski definition) is 1. The maximum atomic E-state index is 12.9. The minimum absolute atomic E-state index is 0.0431. The van der Waals surface area contributed by atoms with Gasteiger partial charge in [-0.25, -0.2) is 4.98 Å². The van der Waals surface area contributed by atoms with Gasteiger partial charge >= 0.3 is 0 Å². The summed E-state index contributed by atoms with van der Waals surface area (Å²) in [5, 5.41) is 0.575. The molecule has 0 unspecified atom stereocenters. The van der Waals surface area contributed by atoms with E-state index < -0.39 is 0 Å². The molecule has 1 aromatic heterocycles. The normalized spacial score (nSPS) is 24.1. The van der Waals surface area contributed by atoms with E-state index in [-0.39, 0.29) is 21.1 Å². The van der Waals surface area contributed by atoms with Gasteiger partial charge in [0, 0.05) is 30.6 Å². The van der Waals surface area contributed by atoms with Crippen LogP contribution >= 0.6 is 34.2 Å². The van der Waals surface area contributed by atoms with Gasteiger partial charge in [0.2, 0.25) is 0 Å². The van der Waals surface area contributed by atoms with Gasteiger partial charge in [-0.1, -0.05) is 23.7 Å². The fourth-order valence-corrected chi connectivity index (χ4v) is 5.38. The molecule has 2 fully saturated rings. The van der Waals surface area contributed by atoms with E-state index in [1.54, 1.807) is 10.6 Å². The number of halogens is 2. The largest absolute Gasteiger partial charge is 0.366 e. The number of piperidine rings is 1. The summed E-state index contributed by atoms with van der Waals surface area (Å²) in [6, 6.07) is 7.33. The molecule has 28 heavy (non-hydrogen) atoms. The van der Waals surface area contributed by atoms with Crippen LogP contribution in [0.15, 0.2) is 29.1 Å². The predicted molar refractivity (Wildman–Crippen MR) is 120 cm³/mol. The van der Waals surface area contributed by atoms with Crippen LogP contribution in [0.3, 0.4) is 0 Å². The lowest BCUT2D eigenvalue weighted by Crippen LogP contribution is -2.50. The summed E-state index contributed by atoms with van der Waals surface area (Å²) in [7, 11) is 0. The first-order chi connectivity index (χ1) is 13.3. The summed E-state index contributed by atoms with van der Waals surface area (Å²) in [4.78, 5) is 19.8. The number of anilines is 1. The molecule has 150 valence electrons. The third-order valence-corrected chi connectivity index (χ3v) is 7.71. The number of nitrogens with zero attached hydrogens (tertiary/aromatic N) is 3. The summed E-state index contributed by atoms with van der Waals surface area (Å²) in [6.07, 6.45) is 1.89. The lowest BCUT2D eigenvalue weighted by Gasteiger charge is -2.41. The average molecular weight is 515 g/mol. The molecule has 2 aliphatic heterocycles. The van der Waals surface area contributed by atoms with Gasteiger partial charge in [0.25, 0.3) is 5.56 Å². The Morgan fingerprint density at radius 1 is 1.32 bits per heavy atom. The van der Waals surface area contributed by atoms with Gasteiger partial charge < -0.3 is 15.4 Å². The first-order valence-electron chi connectivity index (χ1n) is 9.45. The molecule has 0 aliphatic carbocycles. The van der Waals surface area contributed by atoms with Gasteiger partial charge in [-0.2, -0.15) is 0 Å². The van der Waals surface area contributed by atoms with Gasteiger partial charge in [-0.15, -0.1) is 0 Å². The van der Waals surface area contributed by atoms with Crippen molar-refractivity contribution in [2.45, 2.75) is 36.8 Å². The van der Waals surface area contributed by atoms with E-state index in [0.29, 0.717) is 16.5 Å². The molecule has 1 spiro atoms. The van der Waals surface area contributed by atoms with E-state index in [1.165, 1.54) is 0 Å². The first kappa shape index (κ1) is 20.1. The van der Waals surface area contributed by atoms with Crippen molar-refractivity contribution in [1.82, 2.24) is 9.55 Å². The van der Waals surface area contributed by atoms with Crippen molar-refractivity contribution >= 4 is 40.0 Å². The number of hydrogen-bond acceptors (Lipinski definition) is 5. The van der Waals surface area contributed by atoms with Crippen LogP contribution in [0.1, 0.15) is 24.2 Å². The van der Waals surface area contributed by atoms with Crippen LogP contribution < -0.4 is 16.2 Å². The number of alkyl halides is 1. The zero-order valence-electron chi connectivity index (χ0n) is 16.0. The summed E-state index contributed by atoms with van der Waals surface area (Å²) >= 11 is 8.71. The second kappa shape index (κ2) is 7.59. The molecule has 1 aromatic carbocycles. The highest BCUT2D eigenvalue weighted by atomic mass is 127. The van der Waals surface area contributed by atoms with Crippen molar-refractivity contribution in [2.75, 3.05) is 24.6 Å². The zero-order chi connectivity index (χ0) is 20.1. The van der Waals surface area contributed by atoms with Crippen LogP contribution in [0, 0.1) is 19.3 Å². The molecule has 4 rings (SSSR count). The van der Waals surface area contributed by atoms with Gasteiger partial charge in [0.15, 0.2) is 0 Å². The van der Waals surface area contributed by atoms with E-state index in [4.69, 9.17) is 27.1 Å². The highest BCUT2D eigenvalue weighted by molar-refractivity contribution is 14.1. The van der Waals surface area contributed by atoms with Crippen LogP contribution in [0.4, 0.5) is 5.82 Å². The van der Waals surface area contributed by atoms with Gasteiger partial charge in [-0.3, -0.25) is 9.36 Å². The molecule has 2 saturated heterocycles. The second-order valence-electron chi connectivity index (χ2n) is 7.78. The summed E-state index contributed by atoms with van der Waals surface area (Å²) in [5.74, 6) is 1.35. The molecule has 3 heterocycles. The monoisotopic (exact) mass is 514 g/mol. The minimum Gasteiger partial charge on any atom is -0.366 e. The summed E-state index contributed by atoms with van der Waals surface area (Å²) in [6.45, 7) is 6.13. The van der Waals surface area contributed by atoms with Gasteiger partial charge in [0.1, 0.15) is 15.8 Å². The lowest BCUT2D eigenvalue weighted by molar-refractivity contribution is 0.127. The Kier molecular flexibility index (Phi) is 5.45. The van der Waals surface area contributed by atoms with E-state index in [9.17, 15) is 4.79 Å². The van der Waals surface area contributed by atoms with Crippen LogP contribution in [-0.4, -0.2) is 39.4 Å². The van der Waals surface area contributed by atoms with Crippen LogP contribution in [0.2, 0.25) is 5.02 Å². The Morgan fingerprint density at radius 3 is 2.64 bits per heavy atom. The molecule has 2 atom stereocenters. The molecule has 2 N–H and O–H groups in total. The quantitative estimate of drug-likeness (QED) is 0.492. The molecular weight excluding hydrogens is 491 g/mol. The van der Waals surface area contributed by atoms with Gasteiger partial charge in [-0.05, 0) is 60.9 Å². The molecule has 6 nitrogen and oxygen atoms in total. The molecule has 0 amide bonds. The number of ether oxygens (including phenoxy) is 1. The molecule has 0 radical (unpaired) electrons. The lowest BCUT2D eigenvalue weighted by atomic mass is 9.75. The Bertz CT molecular complexity index is 956. The molecule has 0 bridgehead atoms. The van der Waals surface area contributed by atoms with E-state index in [2.05, 4.69) is 27.5 Å². The molecule has 2 aromatic rings. The van der Waals surface area contributed by atoms with Crippen LogP contribution in [0.25, 0.3) is 5.69 Å². The Hall–Kier alpha value is -1.16. The van der Waals surface area contributed by atoms with Crippen LogP contribution in [-0.2, 0) is 4.74 Å². The van der Waals surface area contributed by atoms with Crippen molar-refractivity contribution in [3.63, 3.8) is 0 Å². The fourth-order valence-electron chi connectivity index (χ4n) is 4.22. The van der Waals surface area contributed by atoms with Gasteiger partial charge in [0.05, 0.1) is 17.3 Å². The topological polar surface area (TPSA) is 73.4 Å². The minimum atomic E-state index is -0.122. The Balaban J connectivity index is 1.60. The second-order valence-corrected chi connectivity index (χ2v) is 9.39. The highest BCUT2D eigenvalue weighted by Crippen LogP contribution is 2.43. The summed E-state index contributed by atoms with van der Waals surface area (Å²) < 4.78 is 7.44. The summed E-state index contributed by atoms with van der Waals surface area (Å²) in [5.41, 5.74) is 7.92. The van der Waals surface area contributed by atoms with E-state index >= 15 is 0 Å². The van der Waals surface area contributed by atoms with Crippen molar-refractivity contribution in [3.8, 4) is 5.69 Å². The number of rotatable bonds is 2. The third kappa shape index (κ3) is 3.36. The van der Waals surface area contributed by atoms with Crippen LogP contribution in [0.5, 0.6) is 0 Å². The molecule has 8 heteroatoms. The Morgan fingerprint density at radius 2 is 2.04 bits per heavy atom. The van der Waals surface area contributed by atoms with Crippen molar-refractivity contribution in [3.05, 3.63) is 51.0 Å². The number of benzene rings is 1. The smallest absolute Gasteiger partial charge is 0.260 e. The Labute approximate surface area is 183 Å². The fraction of sp³-hybridized carbons (Fsp3) is 0.500. The SMILES string of the molecule is Cc1cccc(-n2c(C)nc(N3CCC4(CC3)CO[C@@H](I)[C@H]4N)cc2=O)c1Cl. The first-order valence-corrected chi connectivity index (χ1v) is 11.1. The number of aromatic nitrogens is 2. The number of aryl methyl sites for hydroxylation is 2. The third-order valence-electron chi connectivity index (χ3n) is 6.09. The maximum Gasteiger partial charge on any atom is 0.260 e. The standard InChI is InChI=1S/C20H24ClIN4O2/c1-12-4-3-5-14(17(12)21)26-13(2)24-15(10-16(26)27)25-8-6-20(7-9-25)11-28-19(22)18(20)23/h3-5,10,18-19H,6-9,11,23H2,1-2H3/t18-,19-/m1/s1. The number of nitrogens with two attached hydrogens (primary N) is 1.